The number of piperazine rings is 1. The predicted molar refractivity (Wildman–Crippen MR) is 135 cm³/mol. The molecule has 1 aliphatic rings. The monoisotopic (exact) mass is 486 g/mol. The van der Waals surface area contributed by atoms with Crippen LogP contribution in [-0.4, -0.2) is 65.0 Å². The number of primary amides is 1. The Morgan fingerprint density at radius 1 is 1.24 bits per heavy atom. The number of carbonyl (C=O) groups excluding carboxylic acids is 1. The van der Waals surface area contributed by atoms with Gasteiger partial charge in [0.2, 0.25) is 5.91 Å². The summed E-state index contributed by atoms with van der Waals surface area (Å²) < 4.78 is 5.89. The lowest BCUT2D eigenvalue weighted by atomic mass is 10.1. The summed E-state index contributed by atoms with van der Waals surface area (Å²) in [6.07, 6.45) is -0.00426. The summed E-state index contributed by atoms with van der Waals surface area (Å²) in [7, 11) is 2.17. The average molecular weight is 487 g/mol. The fourth-order valence-electron chi connectivity index (χ4n) is 3.64. The third-order valence-electron chi connectivity index (χ3n) is 5.40. The van der Waals surface area contributed by atoms with Crippen LogP contribution in [0.2, 0.25) is 0 Å². The van der Waals surface area contributed by atoms with Gasteiger partial charge in [0.05, 0.1) is 34.6 Å². The number of ether oxygens (including phenoxy) is 1. The summed E-state index contributed by atoms with van der Waals surface area (Å²) in [6, 6.07) is 5.13. The maximum Gasteiger partial charge on any atom is 0.248 e. The molecule has 4 rings (SSSR count). The van der Waals surface area contributed by atoms with Gasteiger partial charge < -0.3 is 20.7 Å². The van der Waals surface area contributed by atoms with E-state index in [9.17, 15) is 4.79 Å². The number of aromatic nitrogens is 2. The number of hydrogen-bond acceptors (Lipinski definition) is 9. The number of rotatable bonds is 8. The first-order valence-corrected chi connectivity index (χ1v) is 12.7. The number of likely N-dealkylation sites (N-methyl/N-ethyl adjacent to an activating group) is 1. The van der Waals surface area contributed by atoms with Crippen molar-refractivity contribution < 1.29 is 9.53 Å². The number of thiazole rings is 2. The number of nitrogens with one attached hydrogen (secondary N) is 1. The van der Waals surface area contributed by atoms with Gasteiger partial charge in [0.15, 0.2) is 5.13 Å². The van der Waals surface area contributed by atoms with Gasteiger partial charge in [0.1, 0.15) is 10.8 Å². The van der Waals surface area contributed by atoms with Crippen LogP contribution in [-0.2, 0) is 6.54 Å². The number of amides is 1. The van der Waals surface area contributed by atoms with Gasteiger partial charge >= 0.3 is 0 Å². The molecule has 0 radical (unpaired) electrons. The van der Waals surface area contributed by atoms with E-state index < -0.39 is 5.91 Å². The first-order chi connectivity index (χ1) is 15.8. The summed E-state index contributed by atoms with van der Waals surface area (Å²) in [5, 5.41) is 7.17. The Morgan fingerprint density at radius 3 is 2.70 bits per heavy atom. The van der Waals surface area contributed by atoms with Gasteiger partial charge in [-0.15, -0.1) is 22.7 Å². The van der Waals surface area contributed by atoms with Crippen LogP contribution in [0.15, 0.2) is 23.6 Å². The van der Waals surface area contributed by atoms with Gasteiger partial charge in [-0.2, -0.15) is 0 Å². The van der Waals surface area contributed by atoms with Crippen LogP contribution in [0.25, 0.3) is 10.6 Å². The number of benzene rings is 1. The van der Waals surface area contributed by atoms with E-state index >= 15 is 0 Å². The number of anilines is 2. The van der Waals surface area contributed by atoms with E-state index in [0.717, 1.165) is 54.0 Å². The number of nitrogens with zero attached hydrogens (tertiary/aromatic N) is 4. The molecular weight excluding hydrogens is 456 g/mol. The van der Waals surface area contributed by atoms with Crippen LogP contribution in [0.1, 0.15) is 34.9 Å². The van der Waals surface area contributed by atoms with E-state index in [0.29, 0.717) is 22.1 Å². The van der Waals surface area contributed by atoms with Crippen molar-refractivity contribution in [3.63, 3.8) is 0 Å². The van der Waals surface area contributed by atoms with Crippen LogP contribution >= 0.6 is 22.7 Å². The van der Waals surface area contributed by atoms with Crippen LogP contribution in [0.5, 0.6) is 5.75 Å². The first kappa shape index (κ1) is 23.6. The van der Waals surface area contributed by atoms with Gasteiger partial charge in [-0.25, -0.2) is 9.97 Å². The first-order valence-electron chi connectivity index (χ1n) is 11.0. The lowest BCUT2D eigenvalue weighted by Gasteiger charge is -2.31. The van der Waals surface area contributed by atoms with E-state index in [1.54, 1.807) is 29.5 Å². The molecule has 0 saturated carbocycles. The van der Waals surface area contributed by atoms with Crippen LogP contribution in [0.4, 0.5) is 10.8 Å². The van der Waals surface area contributed by atoms with Crippen LogP contribution in [0, 0.1) is 6.92 Å². The summed E-state index contributed by atoms with van der Waals surface area (Å²) in [5.41, 5.74) is 8.45. The molecule has 0 aliphatic carbocycles. The van der Waals surface area contributed by atoms with E-state index in [1.807, 2.05) is 26.2 Å². The largest absolute Gasteiger partial charge is 0.489 e. The molecule has 1 aromatic carbocycles. The second kappa shape index (κ2) is 10.2. The van der Waals surface area contributed by atoms with Crippen molar-refractivity contribution in [2.75, 3.05) is 38.5 Å². The van der Waals surface area contributed by atoms with Crippen LogP contribution in [0.3, 0.4) is 0 Å². The maximum absolute atomic E-state index is 11.7. The molecule has 176 valence electrons. The van der Waals surface area contributed by atoms with Crippen LogP contribution < -0.4 is 15.8 Å². The Hall–Kier alpha value is -2.53. The van der Waals surface area contributed by atoms with E-state index in [-0.39, 0.29) is 6.10 Å². The molecule has 3 aromatic rings. The topological polar surface area (TPSA) is 96.6 Å². The van der Waals surface area contributed by atoms with Crippen molar-refractivity contribution in [1.82, 2.24) is 19.8 Å². The number of hydrogen-bond donors (Lipinski definition) is 2. The molecular formula is C23H30N6O2S2. The molecule has 33 heavy (non-hydrogen) atoms. The zero-order valence-corrected chi connectivity index (χ0v) is 21.1. The van der Waals surface area contributed by atoms with E-state index in [1.165, 1.54) is 11.3 Å². The highest BCUT2D eigenvalue weighted by Gasteiger charge is 2.19. The zero-order chi connectivity index (χ0) is 23.5. The van der Waals surface area contributed by atoms with Gasteiger partial charge in [0.25, 0.3) is 0 Å². The molecule has 3 N–H and O–H groups in total. The highest BCUT2D eigenvalue weighted by atomic mass is 32.1. The standard InChI is InChI=1S/C23H30N6O2S2/c1-14(2)31-19-6-5-16(22(24)30)11-17(19)26-23-27-18(13-32-23)21-15(3)25-20(33-21)12-29-9-7-28(4)8-10-29/h5-6,11,13-14H,7-10,12H2,1-4H3,(H2,24,30)(H,26,27). The quantitative estimate of drug-likeness (QED) is 0.498. The molecule has 10 heteroatoms. The Kier molecular flexibility index (Phi) is 7.28. The molecule has 0 atom stereocenters. The van der Waals surface area contributed by atoms with Gasteiger partial charge in [-0.05, 0) is 46.0 Å². The Labute approximate surface area is 202 Å². The van der Waals surface area contributed by atoms with Gasteiger partial charge in [-0.1, -0.05) is 0 Å². The zero-order valence-electron chi connectivity index (χ0n) is 19.4. The van der Waals surface area contributed by atoms with Crippen molar-refractivity contribution in [2.24, 2.45) is 5.73 Å². The number of carbonyl (C=O) groups is 1. The Balaban J connectivity index is 1.51. The second-order valence-corrected chi connectivity index (χ2v) is 10.4. The smallest absolute Gasteiger partial charge is 0.248 e. The van der Waals surface area contributed by atoms with Crippen molar-refractivity contribution in [1.29, 1.82) is 0 Å². The number of nitrogens with two attached hydrogens (primary N) is 1. The van der Waals surface area contributed by atoms with Crippen molar-refractivity contribution in [3.8, 4) is 16.3 Å². The number of aryl methyl sites for hydroxylation is 1. The Bertz CT molecular complexity index is 1120. The SMILES string of the molecule is Cc1nc(CN2CCN(C)CC2)sc1-c1csc(Nc2cc(C(N)=O)ccc2OC(C)C)n1. The predicted octanol–water partition coefficient (Wildman–Crippen LogP) is 3.95. The second-order valence-electron chi connectivity index (χ2n) is 8.51. The third-order valence-corrected chi connectivity index (χ3v) is 7.32. The maximum atomic E-state index is 11.7. The molecule has 1 saturated heterocycles. The molecule has 0 unspecified atom stereocenters. The Morgan fingerprint density at radius 2 is 2.00 bits per heavy atom. The average Bonchev–Trinajstić information content (AvgIpc) is 3.36. The third kappa shape index (κ3) is 5.89. The molecule has 1 aliphatic heterocycles. The molecule has 3 heterocycles. The summed E-state index contributed by atoms with van der Waals surface area (Å²) >= 11 is 3.21. The van der Waals surface area contributed by atoms with Crippen molar-refractivity contribution in [2.45, 2.75) is 33.4 Å². The summed E-state index contributed by atoms with van der Waals surface area (Å²) in [4.78, 5) is 27.2. The molecule has 2 aromatic heterocycles. The molecule has 0 spiro atoms. The van der Waals surface area contributed by atoms with E-state index in [4.69, 9.17) is 20.4 Å². The normalized spacial score (nSPS) is 15.2. The van der Waals surface area contributed by atoms with Gasteiger partial charge in [0, 0.05) is 37.1 Å². The minimum Gasteiger partial charge on any atom is -0.489 e. The van der Waals surface area contributed by atoms with Crippen molar-refractivity contribution in [3.05, 3.63) is 39.8 Å². The highest BCUT2D eigenvalue weighted by Crippen LogP contribution is 2.36. The summed E-state index contributed by atoms with van der Waals surface area (Å²) in [6.45, 7) is 11.2. The summed E-state index contributed by atoms with van der Waals surface area (Å²) in [5.74, 6) is 0.164. The molecule has 0 bridgehead atoms. The molecule has 1 fully saturated rings. The lowest BCUT2D eigenvalue weighted by molar-refractivity contribution is 0.100. The van der Waals surface area contributed by atoms with E-state index in [2.05, 4.69) is 22.2 Å². The fourth-order valence-corrected chi connectivity index (χ4v) is 5.50. The highest BCUT2D eigenvalue weighted by molar-refractivity contribution is 7.16. The minimum atomic E-state index is -0.484. The molecule has 8 nitrogen and oxygen atoms in total. The molecule has 1 amide bonds. The van der Waals surface area contributed by atoms with Gasteiger partial charge in [-0.3, -0.25) is 9.69 Å². The van der Waals surface area contributed by atoms with Crippen molar-refractivity contribution >= 4 is 39.4 Å². The fraction of sp³-hybridized carbons (Fsp3) is 0.435. The lowest BCUT2D eigenvalue weighted by Crippen LogP contribution is -2.43. The minimum absolute atomic E-state index is 0.00426.